The van der Waals surface area contributed by atoms with E-state index in [9.17, 15) is 0 Å². The Bertz CT molecular complexity index is 309. The summed E-state index contributed by atoms with van der Waals surface area (Å²) in [5.74, 6) is 0. The van der Waals surface area contributed by atoms with Gasteiger partial charge in [-0.25, -0.2) is 0 Å². The maximum atomic E-state index is 8.77. The number of furan rings is 1. The lowest BCUT2D eigenvalue weighted by Crippen LogP contribution is -2.10. The molecule has 0 unspecified atom stereocenters. The largest absolute Gasteiger partial charge is 0.457 e. The predicted octanol–water partition coefficient (Wildman–Crippen LogP) is 3.13. The number of nitriles is 1. The van der Waals surface area contributed by atoms with Crippen molar-refractivity contribution < 1.29 is 4.42 Å². The molecule has 0 amide bonds. The first-order chi connectivity index (χ1) is 5.53. The number of hydrogen-bond acceptors (Lipinski definition) is 2. The molecule has 1 aromatic rings. The molecule has 0 aliphatic heterocycles. The van der Waals surface area contributed by atoms with Gasteiger partial charge in [0.1, 0.15) is 0 Å². The van der Waals surface area contributed by atoms with Crippen molar-refractivity contribution in [2.45, 2.75) is 20.3 Å². The van der Waals surface area contributed by atoms with E-state index >= 15 is 0 Å². The van der Waals surface area contributed by atoms with Gasteiger partial charge in [-0.1, -0.05) is 0 Å². The zero-order valence-corrected chi connectivity index (χ0v) is 8.68. The third-order valence-electron chi connectivity index (χ3n) is 1.57. The average molecular weight is 228 g/mol. The summed E-state index contributed by atoms with van der Waals surface area (Å²) in [6.07, 6.45) is 2.39. The first-order valence-electron chi connectivity index (χ1n) is 3.68. The minimum Gasteiger partial charge on any atom is -0.457 e. The monoisotopic (exact) mass is 227 g/mol. The highest BCUT2D eigenvalue weighted by molar-refractivity contribution is 9.10. The van der Waals surface area contributed by atoms with Gasteiger partial charge in [0.05, 0.1) is 17.7 Å². The lowest BCUT2D eigenvalue weighted by atomic mass is 9.89. The Morgan fingerprint density at radius 2 is 2.33 bits per heavy atom. The van der Waals surface area contributed by atoms with E-state index in [4.69, 9.17) is 9.68 Å². The SMILES string of the molecule is CC(C)(C#N)Cc1coc(Br)c1. The van der Waals surface area contributed by atoms with Crippen molar-refractivity contribution in [1.82, 2.24) is 0 Å². The third-order valence-corrected chi connectivity index (χ3v) is 1.99. The van der Waals surface area contributed by atoms with Crippen LogP contribution in [0.1, 0.15) is 19.4 Å². The van der Waals surface area contributed by atoms with Gasteiger partial charge in [-0.2, -0.15) is 5.26 Å². The molecular weight excluding hydrogens is 218 g/mol. The van der Waals surface area contributed by atoms with Crippen LogP contribution in [0.4, 0.5) is 0 Å². The van der Waals surface area contributed by atoms with Crippen LogP contribution in [0.15, 0.2) is 21.4 Å². The maximum absolute atomic E-state index is 8.77. The molecule has 1 rings (SSSR count). The van der Waals surface area contributed by atoms with Crippen molar-refractivity contribution in [3.8, 4) is 6.07 Å². The van der Waals surface area contributed by atoms with Crippen LogP contribution in [0.5, 0.6) is 0 Å². The van der Waals surface area contributed by atoms with Crippen LogP contribution in [0, 0.1) is 16.7 Å². The number of hydrogen-bond donors (Lipinski definition) is 0. The molecule has 0 fully saturated rings. The van der Waals surface area contributed by atoms with Crippen molar-refractivity contribution in [3.05, 3.63) is 22.6 Å². The fraction of sp³-hybridized carbons (Fsp3) is 0.444. The molecule has 12 heavy (non-hydrogen) atoms. The van der Waals surface area contributed by atoms with Gasteiger partial charge in [-0.15, -0.1) is 0 Å². The van der Waals surface area contributed by atoms with E-state index in [2.05, 4.69) is 22.0 Å². The fourth-order valence-electron chi connectivity index (χ4n) is 0.988. The Hall–Kier alpha value is -0.750. The van der Waals surface area contributed by atoms with Crippen LogP contribution in [0.2, 0.25) is 0 Å². The van der Waals surface area contributed by atoms with Crippen molar-refractivity contribution in [3.63, 3.8) is 0 Å². The maximum Gasteiger partial charge on any atom is 0.169 e. The minimum absolute atomic E-state index is 0.316. The highest BCUT2D eigenvalue weighted by Crippen LogP contribution is 2.23. The molecule has 0 bridgehead atoms. The molecule has 1 aromatic heterocycles. The lowest BCUT2D eigenvalue weighted by Gasteiger charge is -2.12. The molecule has 2 nitrogen and oxygen atoms in total. The van der Waals surface area contributed by atoms with Gasteiger partial charge in [0.15, 0.2) is 4.67 Å². The highest BCUT2D eigenvalue weighted by Gasteiger charge is 2.18. The van der Waals surface area contributed by atoms with E-state index in [1.165, 1.54) is 0 Å². The third kappa shape index (κ3) is 2.38. The molecule has 0 spiro atoms. The van der Waals surface area contributed by atoms with Crippen molar-refractivity contribution in [2.24, 2.45) is 5.41 Å². The lowest BCUT2D eigenvalue weighted by molar-refractivity contribution is 0.484. The van der Waals surface area contributed by atoms with Crippen LogP contribution in [0.25, 0.3) is 0 Å². The molecule has 0 saturated carbocycles. The van der Waals surface area contributed by atoms with Gasteiger partial charge in [-0.05, 0) is 47.8 Å². The molecular formula is C9H10BrNO. The van der Waals surface area contributed by atoms with Crippen LogP contribution < -0.4 is 0 Å². The van der Waals surface area contributed by atoms with Gasteiger partial charge in [-0.3, -0.25) is 0 Å². The zero-order valence-electron chi connectivity index (χ0n) is 7.10. The smallest absolute Gasteiger partial charge is 0.169 e. The van der Waals surface area contributed by atoms with E-state index < -0.39 is 0 Å². The zero-order chi connectivity index (χ0) is 9.19. The molecule has 64 valence electrons. The first-order valence-corrected chi connectivity index (χ1v) is 4.47. The Labute approximate surface area is 80.3 Å². The number of rotatable bonds is 2. The van der Waals surface area contributed by atoms with Crippen LogP contribution in [-0.4, -0.2) is 0 Å². The van der Waals surface area contributed by atoms with Crippen LogP contribution in [0.3, 0.4) is 0 Å². The standard InChI is InChI=1S/C9H10BrNO/c1-9(2,6-11)4-7-3-8(10)12-5-7/h3,5H,4H2,1-2H3. The van der Waals surface area contributed by atoms with E-state index in [0.717, 1.165) is 12.0 Å². The van der Waals surface area contributed by atoms with Gasteiger partial charge >= 0.3 is 0 Å². The van der Waals surface area contributed by atoms with Gasteiger partial charge in [0, 0.05) is 0 Å². The summed E-state index contributed by atoms with van der Waals surface area (Å²) < 4.78 is 5.78. The van der Waals surface area contributed by atoms with Crippen molar-refractivity contribution >= 4 is 15.9 Å². The Morgan fingerprint density at radius 3 is 2.75 bits per heavy atom. The fourth-order valence-corrected chi connectivity index (χ4v) is 1.38. The van der Waals surface area contributed by atoms with Crippen LogP contribution in [-0.2, 0) is 6.42 Å². The Balaban J connectivity index is 2.72. The average Bonchev–Trinajstić information content (AvgIpc) is 2.35. The van der Waals surface area contributed by atoms with Crippen LogP contribution >= 0.6 is 15.9 Å². The normalized spacial score (nSPS) is 11.2. The Morgan fingerprint density at radius 1 is 1.67 bits per heavy atom. The quantitative estimate of drug-likeness (QED) is 0.779. The summed E-state index contributed by atoms with van der Waals surface area (Å²) in [7, 11) is 0. The van der Waals surface area contributed by atoms with Gasteiger partial charge < -0.3 is 4.42 Å². The molecule has 3 heteroatoms. The summed E-state index contributed by atoms with van der Waals surface area (Å²) in [4.78, 5) is 0. The van der Waals surface area contributed by atoms with Crippen molar-refractivity contribution in [2.75, 3.05) is 0 Å². The number of nitrogens with zero attached hydrogens (tertiary/aromatic N) is 1. The van der Waals surface area contributed by atoms with E-state index in [1.54, 1.807) is 6.26 Å². The number of halogens is 1. The van der Waals surface area contributed by atoms with E-state index in [0.29, 0.717) is 4.67 Å². The van der Waals surface area contributed by atoms with E-state index in [1.807, 2.05) is 19.9 Å². The molecule has 0 aliphatic rings. The predicted molar refractivity (Wildman–Crippen MR) is 49.5 cm³/mol. The molecule has 0 N–H and O–H groups in total. The van der Waals surface area contributed by atoms with Gasteiger partial charge in [0.25, 0.3) is 0 Å². The topological polar surface area (TPSA) is 36.9 Å². The summed E-state index contributed by atoms with van der Waals surface area (Å²) in [6.45, 7) is 3.82. The summed E-state index contributed by atoms with van der Waals surface area (Å²) in [5.41, 5.74) is 0.733. The second-order valence-electron chi connectivity index (χ2n) is 3.43. The summed E-state index contributed by atoms with van der Waals surface area (Å²) in [5, 5.41) is 8.77. The second kappa shape index (κ2) is 3.32. The van der Waals surface area contributed by atoms with Gasteiger partial charge in [0.2, 0.25) is 0 Å². The highest BCUT2D eigenvalue weighted by atomic mass is 79.9. The second-order valence-corrected chi connectivity index (χ2v) is 4.21. The van der Waals surface area contributed by atoms with E-state index in [-0.39, 0.29) is 5.41 Å². The summed E-state index contributed by atoms with van der Waals surface area (Å²) in [6, 6.07) is 4.13. The molecule has 0 saturated heterocycles. The molecule has 0 atom stereocenters. The van der Waals surface area contributed by atoms with Crippen molar-refractivity contribution in [1.29, 1.82) is 5.26 Å². The Kier molecular flexibility index (Phi) is 2.58. The molecule has 0 aliphatic carbocycles. The summed E-state index contributed by atoms with van der Waals surface area (Å²) >= 11 is 3.21. The first kappa shape index (κ1) is 9.34. The molecule has 0 aromatic carbocycles. The minimum atomic E-state index is -0.316. The molecule has 0 radical (unpaired) electrons. The molecule has 1 heterocycles.